The van der Waals surface area contributed by atoms with E-state index in [2.05, 4.69) is 15.9 Å². The van der Waals surface area contributed by atoms with E-state index in [1.54, 1.807) is 7.11 Å². The minimum absolute atomic E-state index is 0.186. The van der Waals surface area contributed by atoms with Crippen molar-refractivity contribution in [2.24, 2.45) is 0 Å². The molecule has 0 aliphatic carbocycles. The SMILES string of the molecule is COC(C)C(O)c1cccc(Br)c1. The third-order valence-electron chi connectivity index (χ3n) is 2.01. The standard InChI is InChI=1S/C10H13BrO2/c1-7(13-2)10(12)8-4-3-5-9(11)6-8/h3-7,10,12H,1-2H3. The molecule has 0 bridgehead atoms. The van der Waals surface area contributed by atoms with Crippen molar-refractivity contribution in [1.82, 2.24) is 0 Å². The second-order valence-corrected chi connectivity index (χ2v) is 3.86. The van der Waals surface area contributed by atoms with Crippen LogP contribution >= 0.6 is 15.9 Å². The van der Waals surface area contributed by atoms with E-state index >= 15 is 0 Å². The minimum atomic E-state index is -0.567. The van der Waals surface area contributed by atoms with E-state index in [1.165, 1.54) is 0 Å². The molecule has 2 atom stereocenters. The summed E-state index contributed by atoms with van der Waals surface area (Å²) < 4.78 is 6.01. The van der Waals surface area contributed by atoms with Crippen molar-refractivity contribution < 1.29 is 9.84 Å². The Morgan fingerprint density at radius 3 is 2.69 bits per heavy atom. The minimum Gasteiger partial charge on any atom is -0.386 e. The highest BCUT2D eigenvalue weighted by atomic mass is 79.9. The summed E-state index contributed by atoms with van der Waals surface area (Å²) in [4.78, 5) is 0. The number of benzene rings is 1. The molecule has 3 heteroatoms. The van der Waals surface area contributed by atoms with Crippen LogP contribution in [0.3, 0.4) is 0 Å². The molecule has 0 spiro atoms. The van der Waals surface area contributed by atoms with Crippen molar-refractivity contribution in [2.45, 2.75) is 19.1 Å². The van der Waals surface area contributed by atoms with E-state index in [1.807, 2.05) is 31.2 Å². The molecule has 13 heavy (non-hydrogen) atoms. The summed E-state index contributed by atoms with van der Waals surface area (Å²) in [6.45, 7) is 1.84. The average molecular weight is 245 g/mol. The lowest BCUT2D eigenvalue weighted by Gasteiger charge is -2.17. The second-order valence-electron chi connectivity index (χ2n) is 2.94. The summed E-state index contributed by atoms with van der Waals surface area (Å²) >= 11 is 3.35. The van der Waals surface area contributed by atoms with Crippen LogP contribution in [0.4, 0.5) is 0 Å². The Kier molecular flexibility index (Phi) is 3.90. The summed E-state index contributed by atoms with van der Waals surface area (Å²) in [5, 5.41) is 9.77. The summed E-state index contributed by atoms with van der Waals surface area (Å²) in [6.07, 6.45) is -0.753. The average Bonchev–Trinajstić information content (AvgIpc) is 2.15. The van der Waals surface area contributed by atoms with Gasteiger partial charge in [0.2, 0.25) is 0 Å². The summed E-state index contributed by atoms with van der Waals surface area (Å²) in [6, 6.07) is 7.59. The normalized spacial score (nSPS) is 15.4. The van der Waals surface area contributed by atoms with Gasteiger partial charge in [0.15, 0.2) is 0 Å². The van der Waals surface area contributed by atoms with Crippen LogP contribution in [0, 0.1) is 0 Å². The molecule has 2 nitrogen and oxygen atoms in total. The zero-order valence-corrected chi connectivity index (χ0v) is 9.28. The van der Waals surface area contributed by atoms with Crippen LogP contribution in [0.1, 0.15) is 18.6 Å². The molecule has 0 heterocycles. The fourth-order valence-electron chi connectivity index (χ4n) is 1.09. The van der Waals surface area contributed by atoms with Gasteiger partial charge in [-0.3, -0.25) is 0 Å². The molecular formula is C10H13BrO2. The van der Waals surface area contributed by atoms with Crippen LogP contribution in [0.15, 0.2) is 28.7 Å². The molecule has 0 fully saturated rings. The number of ether oxygens (including phenoxy) is 1. The highest BCUT2D eigenvalue weighted by molar-refractivity contribution is 9.10. The number of methoxy groups -OCH3 is 1. The van der Waals surface area contributed by atoms with Crippen molar-refractivity contribution in [2.75, 3.05) is 7.11 Å². The van der Waals surface area contributed by atoms with E-state index in [-0.39, 0.29) is 6.10 Å². The number of hydrogen-bond donors (Lipinski definition) is 1. The molecule has 0 radical (unpaired) electrons. The largest absolute Gasteiger partial charge is 0.386 e. The van der Waals surface area contributed by atoms with Crippen molar-refractivity contribution in [3.8, 4) is 0 Å². The molecule has 0 saturated carbocycles. The summed E-state index contributed by atoms with van der Waals surface area (Å²) in [5.41, 5.74) is 0.865. The lowest BCUT2D eigenvalue weighted by Crippen LogP contribution is -2.16. The van der Waals surface area contributed by atoms with Gasteiger partial charge in [0.1, 0.15) is 6.10 Å². The van der Waals surface area contributed by atoms with Gasteiger partial charge in [-0.25, -0.2) is 0 Å². The number of rotatable bonds is 3. The molecule has 0 saturated heterocycles. The Labute approximate surface area is 86.7 Å². The third kappa shape index (κ3) is 2.79. The lowest BCUT2D eigenvalue weighted by molar-refractivity contribution is -0.00145. The van der Waals surface area contributed by atoms with Crippen LogP contribution in [-0.4, -0.2) is 18.3 Å². The molecule has 0 aromatic heterocycles. The van der Waals surface area contributed by atoms with E-state index < -0.39 is 6.10 Å². The number of aliphatic hydroxyl groups is 1. The Morgan fingerprint density at radius 2 is 2.15 bits per heavy atom. The first-order valence-corrected chi connectivity index (χ1v) is 4.90. The van der Waals surface area contributed by atoms with Crippen molar-refractivity contribution in [1.29, 1.82) is 0 Å². The van der Waals surface area contributed by atoms with Crippen LogP contribution in [0.2, 0.25) is 0 Å². The molecule has 0 aliphatic rings. The molecule has 1 N–H and O–H groups in total. The topological polar surface area (TPSA) is 29.5 Å². The molecule has 1 rings (SSSR count). The Morgan fingerprint density at radius 1 is 1.46 bits per heavy atom. The quantitative estimate of drug-likeness (QED) is 0.886. The van der Waals surface area contributed by atoms with Crippen LogP contribution < -0.4 is 0 Å². The van der Waals surface area contributed by atoms with Crippen LogP contribution in [-0.2, 0) is 4.74 Å². The van der Waals surface area contributed by atoms with Gasteiger partial charge in [0.05, 0.1) is 6.10 Å². The summed E-state index contributed by atoms with van der Waals surface area (Å²) in [7, 11) is 1.59. The van der Waals surface area contributed by atoms with Crippen LogP contribution in [0.5, 0.6) is 0 Å². The third-order valence-corrected chi connectivity index (χ3v) is 2.50. The maximum absolute atomic E-state index is 9.77. The van der Waals surface area contributed by atoms with Gasteiger partial charge in [-0.15, -0.1) is 0 Å². The van der Waals surface area contributed by atoms with Crippen molar-refractivity contribution in [3.63, 3.8) is 0 Å². The molecule has 1 aromatic carbocycles. The number of hydrogen-bond acceptors (Lipinski definition) is 2. The Bertz CT molecular complexity index is 275. The maximum atomic E-state index is 9.77. The first-order valence-electron chi connectivity index (χ1n) is 4.11. The second kappa shape index (κ2) is 4.74. The van der Waals surface area contributed by atoms with Crippen molar-refractivity contribution in [3.05, 3.63) is 34.3 Å². The molecule has 0 aliphatic heterocycles. The molecule has 72 valence electrons. The number of aliphatic hydroxyl groups excluding tert-OH is 1. The van der Waals surface area contributed by atoms with Crippen LogP contribution in [0.25, 0.3) is 0 Å². The van der Waals surface area contributed by atoms with E-state index in [0.29, 0.717) is 0 Å². The van der Waals surface area contributed by atoms with Gasteiger partial charge >= 0.3 is 0 Å². The van der Waals surface area contributed by atoms with Gasteiger partial charge in [0.25, 0.3) is 0 Å². The van der Waals surface area contributed by atoms with E-state index in [4.69, 9.17) is 4.74 Å². The van der Waals surface area contributed by atoms with Gasteiger partial charge in [-0.05, 0) is 24.6 Å². The summed E-state index contributed by atoms with van der Waals surface area (Å²) in [5.74, 6) is 0. The predicted octanol–water partition coefficient (Wildman–Crippen LogP) is 2.52. The molecule has 0 amide bonds. The maximum Gasteiger partial charge on any atom is 0.105 e. The smallest absolute Gasteiger partial charge is 0.105 e. The zero-order valence-electron chi connectivity index (χ0n) is 7.70. The fraction of sp³-hybridized carbons (Fsp3) is 0.400. The van der Waals surface area contributed by atoms with Gasteiger partial charge in [-0.1, -0.05) is 28.1 Å². The Balaban J connectivity index is 2.82. The van der Waals surface area contributed by atoms with E-state index in [9.17, 15) is 5.11 Å². The highest BCUT2D eigenvalue weighted by Crippen LogP contribution is 2.21. The van der Waals surface area contributed by atoms with Gasteiger partial charge in [-0.2, -0.15) is 0 Å². The van der Waals surface area contributed by atoms with Gasteiger partial charge in [0, 0.05) is 11.6 Å². The fourth-order valence-corrected chi connectivity index (χ4v) is 1.51. The first kappa shape index (κ1) is 10.7. The highest BCUT2D eigenvalue weighted by Gasteiger charge is 2.15. The zero-order chi connectivity index (χ0) is 9.84. The Hall–Kier alpha value is -0.380. The lowest BCUT2D eigenvalue weighted by atomic mass is 10.1. The monoisotopic (exact) mass is 244 g/mol. The molecule has 2 unspecified atom stereocenters. The predicted molar refractivity (Wildman–Crippen MR) is 55.6 cm³/mol. The number of halogens is 1. The van der Waals surface area contributed by atoms with Gasteiger partial charge < -0.3 is 9.84 Å². The van der Waals surface area contributed by atoms with Crippen molar-refractivity contribution >= 4 is 15.9 Å². The first-order chi connectivity index (χ1) is 6.15. The molecular weight excluding hydrogens is 232 g/mol. The molecule has 1 aromatic rings. The van der Waals surface area contributed by atoms with E-state index in [0.717, 1.165) is 10.0 Å².